The van der Waals surface area contributed by atoms with Crippen molar-refractivity contribution in [2.24, 2.45) is 0 Å². The summed E-state index contributed by atoms with van der Waals surface area (Å²) in [5, 5.41) is 3.20. The van der Waals surface area contributed by atoms with Crippen LogP contribution in [-0.2, 0) is 12.2 Å². The van der Waals surface area contributed by atoms with Gasteiger partial charge in [-0.15, -0.1) is 11.8 Å². The largest absolute Gasteiger partial charge is 0.370 e. The van der Waals surface area contributed by atoms with Crippen molar-refractivity contribution < 1.29 is 0 Å². The van der Waals surface area contributed by atoms with Crippen LogP contribution >= 0.6 is 11.8 Å². The first kappa shape index (κ1) is 12.5. The molecular weight excluding hydrogens is 234 g/mol. The van der Waals surface area contributed by atoms with E-state index in [2.05, 4.69) is 36.1 Å². The quantitative estimate of drug-likeness (QED) is 0.848. The molecule has 0 atom stereocenters. The first-order valence-electron chi connectivity index (χ1n) is 5.95. The fourth-order valence-corrected chi connectivity index (χ4v) is 2.45. The zero-order chi connectivity index (χ0) is 12.5. The van der Waals surface area contributed by atoms with Crippen LogP contribution in [0.15, 0.2) is 4.79 Å². The minimum atomic E-state index is 0.0201. The molecule has 4 nitrogen and oxygen atoms in total. The summed E-state index contributed by atoms with van der Waals surface area (Å²) in [6.45, 7) is 7.39. The molecule has 94 valence electrons. The molecule has 1 aliphatic heterocycles. The van der Waals surface area contributed by atoms with Crippen LogP contribution in [0, 0.1) is 0 Å². The summed E-state index contributed by atoms with van der Waals surface area (Å²) in [5.41, 5.74) is 0.826. The van der Waals surface area contributed by atoms with E-state index in [1.807, 2.05) is 0 Å². The minimum absolute atomic E-state index is 0.0201. The highest BCUT2D eigenvalue weighted by Gasteiger charge is 2.16. The van der Waals surface area contributed by atoms with Gasteiger partial charge >= 0.3 is 0 Å². The molecule has 0 spiro atoms. The summed E-state index contributed by atoms with van der Waals surface area (Å²) in [6, 6.07) is 0. The number of hydrogen-bond donors (Lipinski definition) is 2. The van der Waals surface area contributed by atoms with Crippen molar-refractivity contribution in [1.82, 2.24) is 9.97 Å². The van der Waals surface area contributed by atoms with Crippen LogP contribution in [0.4, 0.5) is 5.82 Å². The highest BCUT2D eigenvalue weighted by atomic mass is 32.2. The van der Waals surface area contributed by atoms with Crippen molar-refractivity contribution in [3.8, 4) is 0 Å². The number of nitrogens with one attached hydrogen (secondary N) is 2. The van der Waals surface area contributed by atoms with Crippen molar-refractivity contribution in [3.63, 3.8) is 0 Å². The monoisotopic (exact) mass is 253 g/mol. The SMILES string of the molecule is CC(C)(C)SCc1nc2c(c(=O)[nH]1)CCCN2. The first-order valence-corrected chi connectivity index (χ1v) is 6.94. The van der Waals surface area contributed by atoms with E-state index in [4.69, 9.17) is 0 Å². The van der Waals surface area contributed by atoms with Crippen LogP contribution in [0.3, 0.4) is 0 Å². The van der Waals surface area contributed by atoms with Gasteiger partial charge in [0.25, 0.3) is 5.56 Å². The maximum Gasteiger partial charge on any atom is 0.256 e. The molecule has 0 amide bonds. The van der Waals surface area contributed by atoms with E-state index in [-0.39, 0.29) is 10.3 Å². The van der Waals surface area contributed by atoms with Crippen LogP contribution in [0.25, 0.3) is 0 Å². The average Bonchev–Trinajstić information content (AvgIpc) is 2.26. The van der Waals surface area contributed by atoms with Gasteiger partial charge in [0.2, 0.25) is 0 Å². The molecule has 1 aliphatic rings. The molecule has 2 heterocycles. The van der Waals surface area contributed by atoms with Crippen LogP contribution in [-0.4, -0.2) is 21.3 Å². The van der Waals surface area contributed by atoms with Crippen molar-refractivity contribution in [2.75, 3.05) is 11.9 Å². The maximum atomic E-state index is 11.9. The predicted molar refractivity (Wildman–Crippen MR) is 72.7 cm³/mol. The number of thioether (sulfide) groups is 1. The minimum Gasteiger partial charge on any atom is -0.370 e. The molecule has 0 aromatic carbocycles. The molecule has 0 fully saturated rings. The van der Waals surface area contributed by atoms with Gasteiger partial charge in [-0.05, 0) is 12.8 Å². The number of H-pyrrole nitrogens is 1. The first-order chi connectivity index (χ1) is 7.96. The van der Waals surface area contributed by atoms with Gasteiger partial charge in [0.15, 0.2) is 0 Å². The molecule has 5 heteroatoms. The molecule has 2 N–H and O–H groups in total. The third-order valence-electron chi connectivity index (χ3n) is 2.60. The van der Waals surface area contributed by atoms with Crippen molar-refractivity contribution >= 4 is 17.6 Å². The lowest BCUT2D eigenvalue weighted by Gasteiger charge is -2.19. The molecule has 2 rings (SSSR count). The van der Waals surface area contributed by atoms with E-state index in [1.165, 1.54) is 0 Å². The van der Waals surface area contributed by atoms with Crippen LogP contribution < -0.4 is 10.9 Å². The van der Waals surface area contributed by atoms with E-state index < -0.39 is 0 Å². The zero-order valence-electron chi connectivity index (χ0n) is 10.6. The molecule has 0 saturated heterocycles. The summed E-state index contributed by atoms with van der Waals surface area (Å²) in [5.74, 6) is 2.29. The van der Waals surface area contributed by atoms with E-state index >= 15 is 0 Å². The van der Waals surface area contributed by atoms with Gasteiger partial charge in [0, 0.05) is 11.3 Å². The van der Waals surface area contributed by atoms with Crippen molar-refractivity contribution in [2.45, 2.75) is 44.1 Å². The third-order valence-corrected chi connectivity index (χ3v) is 3.89. The normalized spacial score (nSPS) is 15.2. The third kappa shape index (κ3) is 3.25. The molecule has 0 bridgehead atoms. The topological polar surface area (TPSA) is 57.8 Å². The van der Waals surface area contributed by atoms with E-state index in [9.17, 15) is 4.79 Å². The maximum absolute atomic E-state index is 11.9. The summed E-state index contributed by atoms with van der Waals surface area (Å²) < 4.78 is 0.182. The van der Waals surface area contributed by atoms with Gasteiger partial charge in [0.1, 0.15) is 11.6 Å². The number of fused-ring (bicyclic) bond motifs is 1. The van der Waals surface area contributed by atoms with Gasteiger partial charge in [-0.2, -0.15) is 0 Å². The Morgan fingerprint density at radius 3 is 2.88 bits per heavy atom. The smallest absolute Gasteiger partial charge is 0.256 e. The number of hydrogen-bond acceptors (Lipinski definition) is 4. The Morgan fingerprint density at radius 2 is 2.18 bits per heavy atom. The fraction of sp³-hybridized carbons (Fsp3) is 0.667. The van der Waals surface area contributed by atoms with Crippen LogP contribution in [0.1, 0.15) is 38.6 Å². The number of rotatable bonds is 2. The summed E-state index contributed by atoms with van der Waals surface area (Å²) >= 11 is 1.79. The number of nitrogens with zero attached hydrogens (tertiary/aromatic N) is 1. The molecule has 0 aliphatic carbocycles. The number of anilines is 1. The number of aromatic amines is 1. The van der Waals surface area contributed by atoms with E-state index in [1.54, 1.807) is 11.8 Å². The second-order valence-corrected chi connectivity index (χ2v) is 7.07. The zero-order valence-corrected chi connectivity index (χ0v) is 11.4. The van der Waals surface area contributed by atoms with E-state index in [0.717, 1.165) is 42.3 Å². The lowest BCUT2D eigenvalue weighted by Crippen LogP contribution is -2.25. The lowest BCUT2D eigenvalue weighted by molar-refractivity contribution is 0.782. The van der Waals surface area contributed by atoms with Gasteiger partial charge in [-0.3, -0.25) is 4.79 Å². The summed E-state index contributed by atoms with van der Waals surface area (Å²) in [4.78, 5) is 19.2. The molecule has 1 aromatic rings. The van der Waals surface area contributed by atoms with Gasteiger partial charge in [-0.1, -0.05) is 20.8 Å². The van der Waals surface area contributed by atoms with Gasteiger partial charge in [-0.25, -0.2) is 4.98 Å². The predicted octanol–water partition coefficient (Wildman–Crippen LogP) is 2.16. The highest BCUT2D eigenvalue weighted by molar-refractivity contribution is 7.99. The summed E-state index contributed by atoms with van der Waals surface area (Å²) in [6.07, 6.45) is 1.84. The number of aromatic nitrogens is 2. The molecule has 1 aromatic heterocycles. The van der Waals surface area contributed by atoms with E-state index in [0.29, 0.717) is 0 Å². The van der Waals surface area contributed by atoms with Crippen LogP contribution in [0.5, 0.6) is 0 Å². The molecule has 0 saturated carbocycles. The Labute approximate surface area is 106 Å². The Kier molecular flexibility index (Phi) is 3.47. The summed E-state index contributed by atoms with van der Waals surface area (Å²) in [7, 11) is 0. The second-order valence-electron chi connectivity index (χ2n) is 5.27. The Balaban J connectivity index is 2.20. The average molecular weight is 253 g/mol. The van der Waals surface area contributed by atoms with Crippen molar-refractivity contribution in [3.05, 3.63) is 21.7 Å². The lowest BCUT2D eigenvalue weighted by atomic mass is 10.1. The molecular formula is C12H19N3OS. The van der Waals surface area contributed by atoms with Gasteiger partial charge in [0.05, 0.1) is 11.3 Å². The van der Waals surface area contributed by atoms with Crippen molar-refractivity contribution in [1.29, 1.82) is 0 Å². The fourth-order valence-electron chi connectivity index (χ4n) is 1.75. The molecule has 0 radical (unpaired) electrons. The van der Waals surface area contributed by atoms with Gasteiger partial charge < -0.3 is 10.3 Å². The Morgan fingerprint density at radius 1 is 1.41 bits per heavy atom. The molecule has 17 heavy (non-hydrogen) atoms. The Hall–Kier alpha value is -0.970. The standard InChI is InChI=1S/C12H19N3OS/c1-12(2,3)17-7-9-14-10-8(11(16)15-9)5-4-6-13-10/h4-7H2,1-3H3,(H2,13,14,15,16). The highest BCUT2D eigenvalue weighted by Crippen LogP contribution is 2.26. The Bertz CT molecular complexity index is 462. The van der Waals surface area contributed by atoms with Crippen LogP contribution in [0.2, 0.25) is 0 Å². The second kappa shape index (κ2) is 4.72. The molecule has 0 unspecified atom stereocenters.